The van der Waals surface area contributed by atoms with Crippen molar-refractivity contribution >= 4 is 11.6 Å². The van der Waals surface area contributed by atoms with E-state index in [1.54, 1.807) is 17.0 Å². The van der Waals surface area contributed by atoms with Crippen molar-refractivity contribution in [2.75, 3.05) is 39.4 Å². The third-order valence-corrected chi connectivity index (χ3v) is 5.00. The van der Waals surface area contributed by atoms with Gasteiger partial charge in [0.25, 0.3) is 11.6 Å². The van der Waals surface area contributed by atoms with Gasteiger partial charge >= 0.3 is 0 Å². The molecular weight excluding hydrogens is 360 g/mol. The number of carbonyl (C=O) groups is 1. The van der Waals surface area contributed by atoms with Crippen LogP contribution in [0.5, 0.6) is 0 Å². The third kappa shape index (κ3) is 5.17. The lowest BCUT2D eigenvalue weighted by atomic mass is 10.1. The van der Waals surface area contributed by atoms with Gasteiger partial charge in [-0.2, -0.15) is 0 Å². The van der Waals surface area contributed by atoms with Gasteiger partial charge in [0.05, 0.1) is 24.7 Å². The smallest absolute Gasteiger partial charge is 0.270 e. The summed E-state index contributed by atoms with van der Waals surface area (Å²) in [5, 5.41) is 11.1. The summed E-state index contributed by atoms with van der Waals surface area (Å²) in [4.78, 5) is 27.8. The van der Waals surface area contributed by atoms with Crippen LogP contribution in [0.4, 0.5) is 5.69 Å². The van der Waals surface area contributed by atoms with E-state index in [1.807, 2.05) is 29.9 Å². The number of nitro groups is 1. The van der Waals surface area contributed by atoms with E-state index in [-0.39, 0.29) is 11.6 Å². The molecule has 1 aromatic heterocycles. The van der Waals surface area contributed by atoms with E-state index in [1.165, 1.54) is 12.1 Å². The molecule has 1 aliphatic rings. The number of ether oxygens (including phenoxy) is 1. The number of carbonyl (C=O) groups excluding carboxylic acids is 1. The number of benzene rings is 1. The zero-order valence-electron chi connectivity index (χ0n) is 16.1. The molecule has 8 heteroatoms. The summed E-state index contributed by atoms with van der Waals surface area (Å²) in [6.07, 6.45) is 2.78. The Morgan fingerprint density at radius 1 is 1.25 bits per heavy atom. The molecule has 0 radical (unpaired) electrons. The molecule has 0 aliphatic carbocycles. The summed E-state index contributed by atoms with van der Waals surface area (Å²) in [5.41, 5.74) is 1.29. The number of aromatic nitrogens is 1. The average molecular weight is 386 g/mol. The fourth-order valence-electron chi connectivity index (χ4n) is 3.35. The van der Waals surface area contributed by atoms with Crippen LogP contribution in [0.2, 0.25) is 0 Å². The molecule has 28 heavy (non-hydrogen) atoms. The average Bonchev–Trinajstić information content (AvgIpc) is 3.12. The molecule has 1 aliphatic heterocycles. The molecule has 0 unspecified atom stereocenters. The highest BCUT2D eigenvalue weighted by atomic mass is 16.6. The van der Waals surface area contributed by atoms with Gasteiger partial charge in [0, 0.05) is 62.8 Å². The van der Waals surface area contributed by atoms with E-state index < -0.39 is 4.92 Å². The number of hydrogen-bond donors (Lipinski definition) is 0. The number of amides is 1. The van der Waals surface area contributed by atoms with Crippen LogP contribution in [0.3, 0.4) is 0 Å². The van der Waals surface area contributed by atoms with Crippen LogP contribution in [0, 0.1) is 10.1 Å². The van der Waals surface area contributed by atoms with Gasteiger partial charge < -0.3 is 14.2 Å². The molecule has 1 aromatic carbocycles. The molecule has 0 saturated carbocycles. The Hall–Kier alpha value is -2.71. The summed E-state index contributed by atoms with van der Waals surface area (Å²) in [5.74, 6) is -0.188. The number of aryl methyl sites for hydroxylation is 1. The predicted octanol–water partition coefficient (Wildman–Crippen LogP) is 2.30. The molecule has 1 amide bonds. The van der Waals surface area contributed by atoms with E-state index in [0.29, 0.717) is 18.7 Å². The Balaban J connectivity index is 1.71. The number of non-ortho nitro benzene ring substituents is 1. The van der Waals surface area contributed by atoms with Crippen molar-refractivity contribution in [2.24, 2.45) is 7.05 Å². The number of hydrogen-bond acceptors (Lipinski definition) is 5. The van der Waals surface area contributed by atoms with Crippen molar-refractivity contribution in [2.45, 2.75) is 13.0 Å². The maximum Gasteiger partial charge on any atom is 0.270 e. The summed E-state index contributed by atoms with van der Waals surface area (Å²) in [7, 11) is 1.94. The van der Waals surface area contributed by atoms with Gasteiger partial charge in [-0.15, -0.1) is 0 Å². The highest BCUT2D eigenvalue weighted by Gasteiger charge is 2.20. The minimum Gasteiger partial charge on any atom is -0.379 e. The molecule has 2 aromatic rings. The monoisotopic (exact) mass is 386 g/mol. The van der Waals surface area contributed by atoms with E-state index in [4.69, 9.17) is 4.74 Å². The molecule has 0 N–H and O–H groups in total. The second-order valence-electron chi connectivity index (χ2n) is 6.95. The minimum atomic E-state index is -0.475. The van der Waals surface area contributed by atoms with Gasteiger partial charge in [-0.05, 0) is 24.6 Å². The molecule has 3 rings (SSSR count). The SMILES string of the molecule is Cn1cccc1CN(CCCN1CCOCC1)C(=O)c1cccc([N+](=O)[O-])c1. The van der Waals surface area contributed by atoms with Crippen LogP contribution in [-0.4, -0.2) is 64.6 Å². The first-order valence-corrected chi connectivity index (χ1v) is 9.48. The summed E-state index contributed by atoms with van der Waals surface area (Å²) >= 11 is 0. The summed E-state index contributed by atoms with van der Waals surface area (Å²) in [6.45, 7) is 5.28. The maximum atomic E-state index is 13.1. The quantitative estimate of drug-likeness (QED) is 0.514. The van der Waals surface area contributed by atoms with Crippen LogP contribution in [0.25, 0.3) is 0 Å². The van der Waals surface area contributed by atoms with Crippen LogP contribution in [0.1, 0.15) is 22.5 Å². The summed E-state index contributed by atoms with van der Waals surface area (Å²) < 4.78 is 7.35. The van der Waals surface area contributed by atoms with E-state index in [0.717, 1.165) is 45.0 Å². The lowest BCUT2D eigenvalue weighted by Gasteiger charge is -2.28. The normalized spacial score (nSPS) is 14.8. The second kappa shape index (κ2) is 9.48. The predicted molar refractivity (Wildman–Crippen MR) is 105 cm³/mol. The van der Waals surface area contributed by atoms with Crippen LogP contribution in [-0.2, 0) is 18.3 Å². The molecule has 150 valence electrons. The van der Waals surface area contributed by atoms with Gasteiger partial charge in [0.2, 0.25) is 0 Å². The van der Waals surface area contributed by atoms with Gasteiger partial charge in [-0.3, -0.25) is 19.8 Å². The van der Waals surface area contributed by atoms with Gasteiger partial charge in [0.15, 0.2) is 0 Å². The molecular formula is C20H26N4O4. The van der Waals surface area contributed by atoms with Crippen LogP contribution < -0.4 is 0 Å². The largest absolute Gasteiger partial charge is 0.379 e. The molecule has 0 bridgehead atoms. The topological polar surface area (TPSA) is 80.8 Å². The van der Waals surface area contributed by atoms with Crippen molar-refractivity contribution in [3.8, 4) is 0 Å². The Morgan fingerprint density at radius 2 is 2.04 bits per heavy atom. The first-order chi connectivity index (χ1) is 13.5. The lowest BCUT2D eigenvalue weighted by molar-refractivity contribution is -0.384. The highest BCUT2D eigenvalue weighted by molar-refractivity contribution is 5.94. The van der Waals surface area contributed by atoms with Crippen molar-refractivity contribution in [3.05, 3.63) is 64.0 Å². The zero-order chi connectivity index (χ0) is 19.9. The highest BCUT2D eigenvalue weighted by Crippen LogP contribution is 2.17. The van der Waals surface area contributed by atoms with Gasteiger partial charge in [-0.25, -0.2) is 0 Å². The first-order valence-electron chi connectivity index (χ1n) is 9.48. The fourth-order valence-corrected chi connectivity index (χ4v) is 3.35. The second-order valence-corrected chi connectivity index (χ2v) is 6.95. The number of morpholine rings is 1. The van der Waals surface area contributed by atoms with Crippen LogP contribution >= 0.6 is 0 Å². The molecule has 0 atom stereocenters. The Kier molecular flexibility index (Phi) is 6.78. The molecule has 1 fully saturated rings. The molecule has 2 heterocycles. The van der Waals surface area contributed by atoms with Crippen molar-refractivity contribution in [1.82, 2.24) is 14.4 Å². The third-order valence-electron chi connectivity index (χ3n) is 5.00. The van der Waals surface area contributed by atoms with E-state index in [2.05, 4.69) is 4.90 Å². The molecule has 1 saturated heterocycles. The van der Waals surface area contributed by atoms with E-state index in [9.17, 15) is 14.9 Å². The van der Waals surface area contributed by atoms with Gasteiger partial charge in [0.1, 0.15) is 0 Å². The van der Waals surface area contributed by atoms with Gasteiger partial charge in [-0.1, -0.05) is 6.07 Å². The Bertz CT molecular complexity index is 814. The van der Waals surface area contributed by atoms with Crippen molar-refractivity contribution < 1.29 is 14.5 Å². The Labute approximate surface area is 164 Å². The minimum absolute atomic E-state index is 0.0713. The standard InChI is InChI=1S/C20H26N4O4/c1-21-8-3-7-19(21)16-23(10-4-9-22-11-13-28-14-12-22)20(25)17-5-2-6-18(15-17)24(26)27/h2-3,5-8,15H,4,9-14,16H2,1H3. The zero-order valence-corrected chi connectivity index (χ0v) is 16.1. The summed E-state index contributed by atoms with van der Waals surface area (Å²) in [6, 6.07) is 9.86. The van der Waals surface area contributed by atoms with E-state index >= 15 is 0 Å². The maximum absolute atomic E-state index is 13.1. The molecule has 8 nitrogen and oxygen atoms in total. The van der Waals surface area contributed by atoms with Crippen molar-refractivity contribution in [1.29, 1.82) is 0 Å². The lowest BCUT2D eigenvalue weighted by Crippen LogP contribution is -2.39. The Morgan fingerprint density at radius 3 is 2.71 bits per heavy atom. The molecule has 0 spiro atoms. The number of nitro benzene ring substituents is 1. The number of nitrogens with zero attached hydrogens (tertiary/aromatic N) is 4. The number of rotatable bonds is 8. The first kappa shape index (κ1) is 20.0. The van der Waals surface area contributed by atoms with Crippen LogP contribution in [0.15, 0.2) is 42.6 Å². The fraction of sp³-hybridized carbons (Fsp3) is 0.450. The van der Waals surface area contributed by atoms with Crippen molar-refractivity contribution in [3.63, 3.8) is 0 Å².